The normalized spacial score (nSPS) is 10.9. The van der Waals surface area contributed by atoms with Crippen LogP contribution in [-0.2, 0) is 19.7 Å². The molecule has 2 rings (SSSR count). The molecule has 2 aromatic carbocycles. The number of hydrogen-bond donors (Lipinski definition) is 1. The maximum absolute atomic E-state index is 11.9. The number of rotatable bonds is 7. The average molecular weight is 421 g/mol. The van der Waals surface area contributed by atoms with Gasteiger partial charge in [-0.25, -0.2) is 4.79 Å². The first kappa shape index (κ1) is 22.2. The van der Waals surface area contributed by atoms with Gasteiger partial charge in [0.15, 0.2) is 13.2 Å². The third kappa shape index (κ3) is 6.76. The van der Waals surface area contributed by atoms with Gasteiger partial charge in [-0.15, -0.1) is 0 Å². The highest BCUT2D eigenvalue weighted by Gasteiger charge is 2.15. The van der Waals surface area contributed by atoms with E-state index in [-0.39, 0.29) is 28.4 Å². The van der Waals surface area contributed by atoms with Crippen molar-refractivity contribution in [3.8, 4) is 5.75 Å². The number of non-ortho nitro benzene ring substituents is 1. The molecule has 8 nitrogen and oxygen atoms in total. The van der Waals surface area contributed by atoms with Crippen LogP contribution < -0.4 is 10.1 Å². The van der Waals surface area contributed by atoms with E-state index in [2.05, 4.69) is 26.1 Å². The van der Waals surface area contributed by atoms with E-state index in [0.29, 0.717) is 5.75 Å². The molecule has 0 atom stereocenters. The van der Waals surface area contributed by atoms with Gasteiger partial charge in [0.2, 0.25) is 0 Å². The molecule has 0 aliphatic rings. The van der Waals surface area contributed by atoms with Crippen molar-refractivity contribution in [2.75, 3.05) is 18.5 Å². The molecule has 0 unspecified atom stereocenters. The first-order valence-electron chi connectivity index (χ1n) is 8.69. The first-order valence-corrected chi connectivity index (χ1v) is 9.07. The van der Waals surface area contributed by atoms with Crippen LogP contribution in [0.3, 0.4) is 0 Å². The Labute approximate surface area is 172 Å². The Bertz CT molecular complexity index is 906. The summed E-state index contributed by atoms with van der Waals surface area (Å²) in [6.45, 7) is 5.33. The summed E-state index contributed by atoms with van der Waals surface area (Å²) < 4.78 is 10.2. The maximum atomic E-state index is 11.9. The lowest BCUT2D eigenvalue weighted by molar-refractivity contribution is -0.384. The second kappa shape index (κ2) is 9.38. The summed E-state index contributed by atoms with van der Waals surface area (Å²) >= 11 is 5.90. The van der Waals surface area contributed by atoms with Gasteiger partial charge in [-0.2, -0.15) is 0 Å². The summed E-state index contributed by atoms with van der Waals surface area (Å²) in [5.41, 5.74) is 0.959. The van der Waals surface area contributed by atoms with Crippen molar-refractivity contribution in [1.82, 2.24) is 0 Å². The third-order valence-electron chi connectivity index (χ3n) is 3.88. The van der Waals surface area contributed by atoms with Gasteiger partial charge in [-0.05, 0) is 29.2 Å². The number of esters is 1. The minimum Gasteiger partial charge on any atom is -0.482 e. The summed E-state index contributed by atoms with van der Waals surface area (Å²) in [7, 11) is 0. The lowest BCUT2D eigenvalue weighted by Crippen LogP contribution is -2.23. The summed E-state index contributed by atoms with van der Waals surface area (Å²) in [4.78, 5) is 33.8. The van der Waals surface area contributed by atoms with E-state index in [4.69, 9.17) is 21.1 Å². The topological polar surface area (TPSA) is 108 Å². The van der Waals surface area contributed by atoms with Crippen molar-refractivity contribution in [2.45, 2.75) is 26.2 Å². The molecule has 0 fully saturated rings. The van der Waals surface area contributed by atoms with Crippen molar-refractivity contribution in [3.05, 3.63) is 63.2 Å². The SMILES string of the molecule is CC(C)(C)c1ccc(OCC(=O)OCC(=O)Nc2cc([N+](=O)[O-])ccc2Cl)cc1. The summed E-state index contributed by atoms with van der Waals surface area (Å²) in [5, 5.41) is 13.3. The van der Waals surface area contributed by atoms with E-state index in [1.807, 2.05) is 12.1 Å². The molecule has 0 aliphatic heterocycles. The number of halogens is 1. The molecular formula is C20H21ClN2O6. The second-order valence-corrected chi connectivity index (χ2v) is 7.60. The minimum absolute atomic E-state index is 0.00685. The van der Waals surface area contributed by atoms with Crippen molar-refractivity contribution in [3.63, 3.8) is 0 Å². The largest absolute Gasteiger partial charge is 0.482 e. The smallest absolute Gasteiger partial charge is 0.344 e. The predicted octanol–water partition coefficient (Wildman–Crippen LogP) is 4.11. The fraction of sp³-hybridized carbons (Fsp3) is 0.300. The van der Waals surface area contributed by atoms with Crippen LogP contribution >= 0.6 is 11.6 Å². The number of benzene rings is 2. The molecular weight excluding hydrogens is 400 g/mol. The van der Waals surface area contributed by atoms with Gasteiger partial charge in [0.05, 0.1) is 15.6 Å². The van der Waals surface area contributed by atoms with Crippen molar-refractivity contribution in [2.24, 2.45) is 0 Å². The number of carbonyl (C=O) groups is 2. The van der Waals surface area contributed by atoms with Gasteiger partial charge in [0, 0.05) is 12.1 Å². The van der Waals surface area contributed by atoms with Gasteiger partial charge < -0.3 is 14.8 Å². The number of nitrogens with zero attached hydrogens (tertiary/aromatic N) is 1. The van der Waals surface area contributed by atoms with Crippen LogP contribution in [0.2, 0.25) is 5.02 Å². The molecule has 1 amide bonds. The van der Waals surface area contributed by atoms with E-state index in [1.54, 1.807) is 12.1 Å². The zero-order valence-corrected chi connectivity index (χ0v) is 17.0. The van der Waals surface area contributed by atoms with Gasteiger partial charge in [-0.1, -0.05) is 44.5 Å². The van der Waals surface area contributed by atoms with Crippen LogP contribution in [0.4, 0.5) is 11.4 Å². The standard InChI is InChI=1S/C20H21ClN2O6/c1-20(2,3)13-4-7-15(8-5-13)28-12-19(25)29-11-18(24)22-17-10-14(23(26)27)6-9-16(17)21/h4-10H,11-12H2,1-3H3,(H,22,24). The zero-order chi connectivity index (χ0) is 21.6. The molecule has 0 aliphatic carbocycles. The van der Waals surface area contributed by atoms with Crippen molar-refractivity contribution >= 4 is 34.9 Å². The van der Waals surface area contributed by atoms with Crippen LogP contribution in [0, 0.1) is 10.1 Å². The number of hydrogen-bond acceptors (Lipinski definition) is 6. The highest BCUT2D eigenvalue weighted by Crippen LogP contribution is 2.26. The summed E-state index contributed by atoms with van der Waals surface area (Å²) in [6, 6.07) is 11.0. The van der Waals surface area contributed by atoms with Crippen LogP contribution in [0.25, 0.3) is 0 Å². The Morgan fingerprint density at radius 1 is 1.10 bits per heavy atom. The molecule has 0 aromatic heterocycles. The Hall–Kier alpha value is -3.13. The average Bonchev–Trinajstić information content (AvgIpc) is 2.66. The molecule has 2 aromatic rings. The maximum Gasteiger partial charge on any atom is 0.344 e. The van der Waals surface area contributed by atoms with E-state index in [9.17, 15) is 19.7 Å². The van der Waals surface area contributed by atoms with E-state index in [0.717, 1.165) is 11.6 Å². The van der Waals surface area contributed by atoms with Crippen LogP contribution in [0.15, 0.2) is 42.5 Å². The summed E-state index contributed by atoms with van der Waals surface area (Å²) in [5.74, 6) is -0.914. The number of ether oxygens (including phenoxy) is 2. The molecule has 1 N–H and O–H groups in total. The number of anilines is 1. The van der Waals surface area contributed by atoms with Crippen molar-refractivity contribution < 1.29 is 24.0 Å². The minimum atomic E-state index is -0.731. The number of carbonyl (C=O) groups excluding carboxylic acids is 2. The Morgan fingerprint density at radius 2 is 1.76 bits per heavy atom. The lowest BCUT2D eigenvalue weighted by atomic mass is 9.87. The van der Waals surface area contributed by atoms with Crippen molar-refractivity contribution in [1.29, 1.82) is 0 Å². The molecule has 154 valence electrons. The van der Waals surface area contributed by atoms with E-state index < -0.39 is 23.4 Å². The van der Waals surface area contributed by atoms with Crippen LogP contribution in [0.5, 0.6) is 5.75 Å². The Morgan fingerprint density at radius 3 is 2.34 bits per heavy atom. The molecule has 0 spiro atoms. The molecule has 0 saturated heterocycles. The van der Waals surface area contributed by atoms with E-state index >= 15 is 0 Å². The van der Waals surface area contributed by atoms with Gasteiger partial charge in [-0.3, -0.25) is 14.9 Å². The van der Waals surface area contributed by atoms with Gasteiger partial charge >= 0.3 is 5.97 Å². The van der Waals surface area contributed by atoms with Crippen LogP contribution in [0.1, 0.15) is 26.3 Å². The number of nitrogens with one attached hydrogen (secondary N) is 1. The Kier molecular flexibility index (Phi) is 7.17. The zero-order valence-electron chi connectivity index (χ0n) is 16.2. The molecule has 0 heterocycles. The second-order valence-electron chi connectivity index (χ2n) is 7.19. The molecule has 0 saturated carbocycles. The number of nitro benzene ring substituents is 1. The third-order valence-corrected chi connectivity index (χ3v) is 4.21. The fourth-order valence-electron chi connectivity index (χ4n) is 2.29. The first-order chi connectivity index (χ1) is 13.6. The quantitative estimate of drug-likeness (QED) is 0.410. The number of amides is 1. The predicted molar refractivity (Wildman–Crippen MR) is 108 cm³/mol. The number of nitro groups is 1. The molecule has 0 bridgehead atoms. The van der Waals surface area contributed by atoms with Crippen LogP contribution in [-0.4, -0.2) is 30.0 Å². The monoisotopic (exact) mass is 420 g/mol. The van der Waals surface area contributed by atoms with Gasteiger partial charge in [0.1, 0.15) is 5.75 Å². The highest BCUT2D eigenvalue weighted by molar-refractivity contribution is 6.33. The van der Waals surface area contributed by atoms with Gasteiger partial charge in [0.25, 0.3) is 11.6 Å². The summed E-state index contributed by atoms with van der Waals surface area (Å²) in [6.07, 6.45) is 0. The highest BCUT2D eigenvalue weighted by atomic mass is 35.5. The molecule has 29 heavy (non-hydrogen) atoms. The fourth-order valence-corrected chi connectivity index (χ4v) is 2.45. The Balaban J connectivity index is 1.81. The lowest BCUT2D eigenvalue weighted by Gasteiger charge is -2.19. The molecule has 9 heteroatoms. The van der Waals surface area contributed by atoms with E-state index in [1.165, 1.54) is 12.1 Å². The molecule has 0 radical (unpaired) electrons.